The summed E-state index contributed by atoms with van der Waals surface area (Å²) >= 11 is 0. The molecule has 5 nitrogen and oxygen atoms in total. The third-order valence-corrected chi connectivity index (χ3v) is 5.32. The quantitative estimate of drug-likeness (QED) is 0.577. The van der Waals surface area contributed by atoms with Crippen LogP contribution in [-0.2, 0) is 4.79 Å². The van der Waals surface area contributed by atoms with Crippen molar-refractivity contribution in [3.05, 3.63) is 77.9 Å². The molecule has 0 spiro atoms. The average Bonchev–Trinajstić information content (AvgIpc) is 2.78. The van der Waals surface area contributed by atoms with Crippen LogP contribution in [0.4, 0.5) is 5.69 Å². The Kier molecular flexibility index (Phi) is 7.20. The zero-order valence-corrected chi connectivity index (χ0v) is 17.8. The predicted octanol–water partition coefficient (Wildman–Crippen LogP) is 4.61. The summed E-state index contributed by atoms with van der Waals surface area (Å²) in [5.74, 6) is -0.117. The van der Waals surface area contributed by atoms with E-state index in [-0.39, 0.29) is 24.4 Å². The van der Waals surface area contributed by atoms with E-state index in [0.717, 1.165) is 0 Å². The van der Waals surface area contributed by atoms with Crippen LogP contribution in [0.1, 0.15) is 42.7 Å². The Morgan fingerprint density at radius 3 is 2.27 bits per heavy atom. The smallest absolute Gasteiger partial charge is 0.253 e. The number of benzene rings is 3. The van der Waals surface area contributed by atoms with E-state index in [1.54, 1.807) is 29.2 Å². The Balaban J connectivity index is 1.57. The molecule has 5 heteroatoms. The van der Waals surface area contributed by atoms with E-state index >= 15 is 0 Å². The van der Waals surface area contributed by atoms with Gasteiger partial charge in [0.15, 0.2) is 0 Å². The number of carbonyl (C=O) groups is 2. The van der Waals surface area contributed by atoms with Gasteiger partial charge in [0, 0.05) is 30.4 Å². The predicted molar refractivity (Wildman–Crippen MR) is 123 cm³/mol. The molecule has 0 aromatic heterocycles. The molecule has 156 valence electrons. The zero-order valence-electron chi connectivity index (χ0n) is 17.8. The minimum atomic E-state index is -0.120. The average molecular weight is 404 g/mol. The number of carbonyl (C=O) groups excluding carboxylic acids is 2. The summed E-state index contributed by atoms with van der Waals surface area (Å²) in [6.45, 7) is 7.53. The maximum Gasteiger partial charge on any atom is 0.253 e. The number of hydrogen-bond donors (Lipinski definition) is 2. The van der Waals surface area contributed by atoms with Crippen molar-refractivity contribution in [2.45, 2.75) is 26.8 Å². The van der Waals surface area contributed by atoms with Crippen LogP contribution < -0.4 is 10.6 Å². The van der Waals surface area contributed by atoms with Crippen LogP contribution in [0.15, 0.2) is 66.7 Å². The van der Waals surface area contributed by atoms with Gasteiger partial charge in [0.05, 0.1) is 6.54 Å². The van der Waals surface area contributed by atoms with Gasteiger partial charge in [-0.1, -0.05) is 42.5 Å². The van der Waals surface area contributed by atoms with Crippen LogP contribution in [0.3, 0.4) is 0 Å². The van der Waals surface area contributed by atoms with E-state index in [0.29, 0.717) is 24.3 Å². The molecule has 3 aromatic rings. The fourth-order valence-corrected chi connectivity index (χ4v) is 3.58. The van der Waals surface area contributed by atoms with Crippen LogP contribution >= 0.6 is 0 Å². The highest BCUT2D eigenvalue weighted by Crippen LogP contribution is 2.23. The fourth-order valence-electron chi connectivity index (χ4n) is 3.58. The fraction of sp³-hybridized carbons (Fsp3) is 0.280. The van der Waals surface area contributed by atoms with Crippen molar-refractivity contribution in [2.24, 2.45) is 0 Å². The second-order valence-electron chi connectivity index (χ2n) is 7.27. The molecule has 3 rings (SSSR count). The first-order chi connectivity index (χ1) is 14.5. The molecular formula is C25H29N3O2. The van der Waals surface area contributed by atoms with Gasteiger partial charge in [0.25, 0.3) is 5.91 Å². The number of amides is 2. The van der Waals surface area contributed by atoms with Crippen molar-refractivity contribution in [3.63, 3.8) is 0 Å². The monoisotopic (exact) mass is 403 g/mol. The standard InChI is InChI=1S/C25H29N3O2/c1-4-28(5-2)25(30)20-13-15-21(16-14-20)27-24(29)17-26-18(3)22-12-8-10-19-9-6-7-11-23(19)22/h6-16,18,26H,4-5,17H2,1-3H3,(H,27,29)/t18-/m1/s1. The molecule has 0 unspecified atom stereocenters. The highest BCUT2D eigenvalue weighted by Gasteiger charge is 2.13. The number of nitrogens with one attached hydrogen (secondary N) is 2. The largest absolute Gasteiger partial charge is 0.339 e. The summed E-state index contributed by atoms with van der Waals surface area (Å²) in [6.07, 6.45) is 0. The molecule has 1 atom stereocenters. The summed E-state index contributed by atoms with van der Waals surface area (Å²) in [7, 11) is 0. The first-order valence-corrected chi connectivity index (χ1v) is 10.4. The van der Waals surface area contributed by atoms with E-state index in [9.17, 15) is 9.59 Å². The highest BCUT2D eigenvalue weighted by atomic mass is 16.2. The van der Waals surface area contributed by atoms with Crippen molar-refractivity contribution >= 4 is 28.3 Å². The summed E-state index contributed by atoms with van der Waals surface area (Å²) in [5.41, 5.74) is 2.47. The van der Waals surface area contributed by atoms with Crippen LogP contribution in [0, 0.1) is 0 Å². The van der Waals surface area contributed by atoms with Crippen LogP contribution in [0.5, 0.6) is 0 Å². The molecular weight excluding hydrogens is 374 g/mol. The minimum Gasteiger partial charge on any atom is -0.339 e. The lowest BCUT2D eigenvalue weighted by Gasteiger charge is -2.19. The molecule has 0 fully saturated rings. The van der Waals surface area contributed by atoms with Crippen molar-refractivity contribution in [3.8, 4) is 0 Å². The molecule has 3 aromatic carbocycles. The lowest BCUT2D eigenvalue weighted by Crippen LogP contribution is -2.31. The first kappa shape index (κ1) is 21.5. The second-order valence-corrected chi connectivity index (χ2v) is 7.27. The lowest BCUT2D eigenvalue weighted by molar-refractivity contribution is -0.115. The summed E-state index contributed by atoms with van der Waals surface area (Å²) in [5, 5.41) is 8.56. The maximum atomic E-state index is 12.4. The molecule has 0 saturated heterocycles. The van der Waals surface area contributed by atoms with Crippen LogP contribution in [0.25, 0.3) is 10.8 Å². The van der Waals surface area contributed by atoms with Gasteiger partial charge in [-0.05, 0) is 61.4 Å². The molecule has 0 aliphatic heterocycles. The number of nitrogens with zero attached hydrogens (tertiary/aromatic N) is 1. The Morgan fingerprint density at radius 2 is 1.57 bits per heavy atom. The van der Waals surface area contributed by atoms with Gasteiger partial charge in [0.2, 0.25) is 5.91 Å². The number of fused-ring (bicyclic) bond motifs is 1. The highest BCUT2D eigenvalue weighted by molar-refractivity contribution is 5.96. The second kappa shape index (κ2) is 10.0. The van der Waals surface area contributed by atoms with Gasteiger partial charge in [0.1, 0.15) is 0 Å². The third-order valence-electron chi connectivity index (χ3n) is 5.32. The molecule has 0 saturated carbocycles. The van der Waals surface area contributed by atoms with Gasteiger partial charge >= 0.3 is 0 Å². The van der Waals surface area contributed by atoms with Crippen LogP contribution in [0.2, 0.25) is 0 Å². The number of rotatable bonds is 8. The van der Waals surface area contributed by atoms with Crippen molar-refractivity contribution < 1.29 is 9.59 Å². The molecule has 0 aliphatic carbocycles. The molecule has 0 aliphatic rings. The van der Waals surface area contributed by atoms with E-state index in [1.807, 2.05) is 32.0 Å². The van der Waals surface area contributed by atoms with Gasteiger partial charge in [-0.3, -0.25) is 9.59 Å². The van der Waals surface area contributed by atoms with Gasteiger partial charge < -0.3 is 15.5 Å². The molecule has 0 bridgehead atoms. The van der Waals surface area contributed by atoms with E-state index in [2.05, 4.69) is 41.8 Å². The van der Waals surface area contributed by atoms with E-state index in [1.165, 1.54) is 16.3 Å². The topological polar surface area (TPSA) is 61.4 Å². The molecule has 30 heavy (non-hydrogen) atoms. The van der Waals surface area contributed by atoms with Crippen molar-refractivity contribution in [1.82, 2.24) is 10.2 Å². The SMILES string of the molecule is CCN(CC)C(=O)c1ccc(NC(=O)CN[C@H](C)c2cccc3ccccc23)cc1. The normalized spacial score (nSPS) is 11.8. The lowest BCUT2D eigenvalue weighted by atomic mass is 10.00. The van der Waals surface area contributed by atoms with Gasteiger partial charge in [-0.2, -0.15) is 0 Å². The summed E-state index contributed by atoms with van der Waals surface area (Å²) in [4.78, 5) is 26.5. The first-order valence-electron chi connectivity index (χ1n) is 10.4. The Labute approximate surface area is 178 Å². The summed E-state index contributed by atoms with van der Waals surface area (Å²) in [6, 6.07) is 21.5. The maximum absolute atomic E-state index is 12.4. The molecule has 2 amide bonds. The van der Waals surface area contributed by atoms with Crippen LogP contribution in [-0.4, -0.2) is 36.3 Å². The Bertz CT molecular complexity index is 1010. The van der Waals surface area contributed by atoms with Gasteiger partial charge in [-0.25, -0.2) is 0 Å². The summed E-state index contributed by atoms with van der Waals surface area (Å²) < 4.78 is 0. The third kappa shape index (κ3) is 5.05. The Morgan fingerprint density at radius 1 is 0.900 bits per heavy atom. The van der Waals surface area contributed by atoms with Crippen molar-refractivity contribution in [1.29, 1.82) is 0 Å². The van der Waals surface area contributed by atoms with Gasteiger partial charge in [-0.15, -0.1) is 0 Å². The van der Waals surface area contributed by atoms with E-state index in [4.69, 9.17) is 0 Å². The molecule has 2 N–H and O–H groups in total. The molecule has 0 radical (unpaired) electrons. The Hall–Kier alpha value is -3.18. The zero-order chi connectivity index (χ0) is 21.5. The number of anilines is 1. The van der Waals surface area contributed by atoms with E-state index < -0.39 is 0 Å². The minimum absolute atomic E-state index is 0.00320. The molecule has 0 heterocycles. The van der Waals surface area contributed by atoms with Crippen molar-refractivity contribution in [2.75, 3.05) is 25.0 Å². The number of hydrogen-bond acceptors (Lipinski definition) is 3.